The third-order valence-electron chi connectivity index (χ3n) is 5.22. The van der Waals surface area contributed by atoms with E-state index < -0.39 is 5.91 Å². The summed E-state index contributed by atoms with van der Waals surface area (Å²) in [5.41, 5.74) is 4.07. The highest BCUT2D eigenvalue weighted by atomic mass is 32.1. The fraction of sp³-hybridized carbons (Fsp3) is 0.0800. The second-order valence-corrected chi connectivity index (χ2v) is 7.87. The summed E-state index contributed by atoms with van der Waals surface area (Å²) < 4.78 is 11.4. The molecule has 0 aliphatic carbocycles. The molecular weight excluding hydrogens is 438 g/mol. The van der Waals surface area contributed by atoms with Gasteiger partial charge in [0.25, 0.3) is 5.91 Å². The van der Waals surface area contributed by atoms with Crippen molar-refractivity contribution in [3.63, 3.8) is 0 Å². The maximum Gasteiger partial charge on any atom is 0.293 e. The van der Waals surface area contributed by atoms with Gasteiger partial charge in [-0.2, -0.15) is 0 Å². The van der Waals surface area contributed by atoms with Gasteiger partial charge in [0.15, 0.2) is 16.5 Å². The number of oxazole rings is 1. The molecule has 0 aliphatic heterocycles. The molecule has 0 fully saturated rings. The Kier molecular flexibility index (Phi) is 5.27. The third-order valence-corrected chi connectivity index (χ3v) is 5.43. The molecule has 0 bridgehead atoms. The third kappa shape index (κ3) is 4.16. The van der Waals surface area contributed by atoms with Gasteiger partial charge in [-0.1, -0.05) is 31.2 Å². The van der Waals surface area contributed by atoms with Gasteiger partial charge in [0.2, 0.25) is 5.89 Å². The van der Waals surface area contributed by atoms with E-state index >= 15 is 0 Å². The number of anilines is 1. The molecule has 0 spiro atoms. The van der Waals surface area contributed by atoms with Gasteiger partial charge in [-0.05, 0) is 66.7 Å². The van der Waals surface area contributed by atoms with Crippen LogP contribution in [-0.4, -0.2) is 21.1 Å². The molecule has 0 unspecified atom stereocenters. The normalized spacial score (nSPS) is 11.1. The lowest BCUT2D eigenvalue weighted by Gasteiger charge is -2.10. The molecule has 2 heterocycles. The minimum absolute atomic E-state index is 0.0139. The van der Waals surface area contributed by atoms with Gasteiger partial charge in [-0.25, -0.2) is 4.98 Å². The summed E-state index contributed by atoms with van der Waals surface area (Å²) in [6.45, 7) is 2.07. The summed E-state index contributed by atoms with van der Waals surface area (Å²) in [5.74, 6) is -0.00488. The van der Waals surface area contributed by atoms with Crippen LogP contribution in [0.4, 0.5) is 5.69 Å². The van der Waals surface area contributed by atoms with Crippen LogP contribution in [-0.2, 0) is 6.42 Å². The predicted octanol–water partition coefficient (Wildman–Crippen LogP) is 5.64. The van der Waals surface area contributed by atoms with Crippen LogP contribution in [0.2, 0.25) is 0 Å². The molecule has 0 saturated heterocycles. The van der Waals surface area contributed by atoms with Crippen molar-refractivity contribution in [1.29, 1.82) is 0 Å². The molecule has 3 N–H and O–H groups in total. The minimum Gasteiger partial charge on any atom is -0.507 e. The molecule has 1 amide bonds. The first-order valence-electron chi connectivity index (χ1n) is 10.3. The molecular formula is C25H19N3O4S. The van der Waals surface area contributed by atoms with Gasteiger partial charge in [-0.3, -0.25) is 10.1 Å². The molecule has 164 valence electrons. The fourth-order valence-electron chi connectivity index (χ4n) is 3.51. The number of thiocarbonyl (C=S) groups is 1. The Hall–Kier alpha value is -4.17. The van der Waals surface area contributed by atoms with Crippen molar-refractivity contribution in [2.75, 3.05) is 5.32 Å². The van der Waals surface area contributed by atoms with Crippen molar-refractivity contribution in [1.82, 2.24) is 10.3 Å². The number of aromatic nitrogens is 1. The first-order chi connectivity index (χ1) is 16.0. The van der Waals surface area contributed by atoms with E-state index in [0.29, 0.717) is 22.4 Å². The highest BCUT2D eigenvalue weighted by molar-refractivity contribution is 7.80. The Morgan fingerprint density at radius 1 is 1.03 bits per heavy atom. The summed E-state index contributed by atoms with van der Waals surface area (Å²) >= 11 is 5.28. The number of nitrogens with zero attached hydrogens (tertiary/aromatic N) is 1. The first-order valence-corrected chi connectivity index (χ1v) is 10.7. The van der Waals surface area contributed by atoms with E-state index in [1.807, 2.05) is 36.4 Å². The van der Waals surface area contributed by atoms with Crippen molar-refractivity contribution >= 4 is 51.0 Å². The number of phenols is 1. The van der Waals surface area contributed by atoms with Gasteiger partial charge >= 0.3 is 0 Å². The SMILES string of the molecule is CCc1ccc2oc(-c3cc(NC(=S)NC(=O)c4cc5ccccc5o4)ccc3O)nc2c1. The topological polar surface area (TPSA) is 101 Å². The number of rotatable bonds is 4. The fourth-order valence-corrected chi connectivity index (χ4v) is 3.72. The molecule has 3 aromatic carbocycles. The number of aromatic hydroxyl groups is 1. The molecule has 0 aliphatic rings. The van der Waals surface area contributed by atoms with Crippen LogP contribution in [0.25, 0.3) is 33.5 Å². The lowest BCUT2D eigenvalue weighted by Crippen LogP contribution is -2.33. The average molecular weight is 458 g/mol. The number of carbonyl (C=O) groups is 1. The number of benzene rings is 3. The van der Waals surface area contributed by atoms with Gasteiger partial charge in [0.05, 0.1) is 5.56 Å². The maximum absolute atomic E-state index is 12.5. The van der Waals surface area contributed by atoms with E-state index in [9.17, 15) is 9.90 Å². The zero-order chi connectivity index (χ0) is 22.9. The number of fused-ring (bicyclic) bond motifs is 2. The van der Waals surface area contributed by atoms with E-state index in [-0.39, 0.29) is 22.5 Å². The molecule has 5 rings (SSSR count). The highest BCUT2D eigenvalue weighted by Crippen LogP contribution is 2.33. The summed E-state index contributed by atoms with van der Waals surface area (Å²) in [7, 11) is 0. The van der Waals surface area contributed by atoms with Crippen LogP contribution in [0.1, 0.15) is 23.0 Å². The standard InChI is InChI=1S/C25H19N3O4S/c1-2-14-7-10-21-18(11-14)27-24(32-21)17-13-16(8-9-19(17)29)26-25(33)28-23(30)22-12-15-5-3-4-6-20(15)31-22/h3-13,29H,2H2,1H3,(H2,26,28,30,33). The van der Waals surface area contributed by atoms with Crippen LogP contribution in [0.3, 0.4) is 0 Å². The molecule has 0 saturated carbocycles. The predicted molar refractivity (Wildman–Crippen MR) is 130 cm³/mol. The number of furan rings is 1. The number of hydrogen-bond acceptors (Lipinski definition) is 6. The summed E-state index contributed by atoms with van der Waals surface area (Å²) in [6, 6.07) is 19.6. The van der Waals surface area contributed by atoms with Crippen LogP contribution >= 0.6 is 12.2 Å². The Morgan fingerprint density at radius 3 is 2.70 bits per heavy atom. The second-order valence-electron chi connectivity index (χ2n) is 7.46. The van der Waals surface area contributed by atoms with E-state index in [4.69, 9.17) is 21.1 Å². The van der Waals surface area contributed by atoms with Crippen molar-refractivity contribution in [2.24, 2.45) is 0 Å². The number of amides is 1. The molecule has 8 heteroatoms. The average Bonchev–Trinajstić information content (AvgIpc) is 3.44. The van der Waals surface area contributed by atoms with Crippen LogP contribution in [0.5, 0.6) is 5.75 Å². The highest BCUT2D eigenvalue weighted by Gasteiger charge is 2.16. The minimum atomic E-state index is -0.464. The van der Waals surface area contributed by atoms with Gasteiger partial charge in [0, 0.05) is 11.1 Å². The smallest absolute Gasteiger partial charge is 0.293 e. The van der Waals surface area contributed by atoms with Gasteiger partial charge in [0.1, 0.15) is 16.8 Å². The van der Waals surface area contributed by atoms with Gasteiger partial charge in [-0.15, -0.1) is 0 Å². The summed E-state index contributed by atoms with van der Waals surface area (Å²) in [6.07, 6.45) is 0.889. The van der Waals surface area contributed by atoms with Crippen molar-refractivity contribution in [3.8, 4) is 17.2 Å². The first kappa shape index (κ1) is 20.7. The Labute approximate surface area is 194 Å². The Bertz CT molecular complexity index is 1490. The largest absolute Gasteiger partial charge is 0.507 e. The van der Waals surface area contributed by atoms with E-state index in [1.165, 1.54) is 6.07 Å². The molecule has 0 atom stereocenters. The van der Waals surface area contributed by atoms with Crippen LogP contribution < -0.4 is 10.6 Å². The Balaban J connectivity index is 1.34. The lowest BCUT2D eigenvalue weighted by atomic mass is 10.1. The molecule has 2 aromatic heterocycles. The monoisotopic (exact) mass is 457 g/mol. The van der Waals surface area contributed by atoms with Crippen LogP contribution in [0.15, 0.2) is 75.6 Å². The lowest BCUT2D eigenvalue weighted by molar-refractivity contribution is 0.0953. The second kappa shape index (κ2) is 8.40. The van der Waals surface area contributed by atoms with E-state index in [0.717, 1.165) is 22.9 Å². The van der Waals surface area contributed by atoms with Crippen molar-refractivity contribution in [3.05, 3.63) is 78.1 Å². The number of para-hydroxylation sites is 1. The quantitative estimate of drug-likeness (QED) is 0.237. The van der Waals surface area contributed by atoms with Crippen molar-refractivity contribution in [2.45, 2.75) is 13.3 Å². The number of nitrogens with one attached hydrogen (secondary N) is 2. The molecule has 7 nitrogen and oxygen atoms in total. The Morgan fingerprint density at radius 2 is 1.88 bits per heavy atom. The number of aryl methyl sites for hydroxylation is 1. The number of carbonyl (C=O) groups excluding carboxylic acids is 1. The van der Waals surface area contributed by atoms with Crippen molar-refractivity contribution < 1.29 is 18.7 Å². The maximum atomic E-state index is 12.5. The van der Waals surface area contributed by atoms with Crippen LogP contribution in [0, 0.1) is 0 Å². The molecule has 5 aromatic rings. The zero-order valence-electron chi connectivity index (χ0n) is 17.6. The number of hydrogen-bond donors (Lipinski definition) is 3. The van der Waals surface area contributed by atoms with E-state index in [2.05, 4.69) is 22.5 Å². The number of phenolic OH excluding ortho intramolecular Hbond substituents is 1. The summed E-state index contributed by atoms with van der Waals surface area (Å²) in [5, 5.41) is 16.8. The molecule has 0 radical (unpaired) electrons. The summed E-state index contributed by atoms with van der Waals surface area (Å²) in [4.78, 5) is 17.0. The zero-order valence-corrected chi connectivity index (χ0v) is 18.4. The molecule has 33 heavy (non-hydrogen) atoms. The van der Waals surface area contributed by atoms with Gasteiger partial charge < -0.3 is 19.3 Å². The van der Waals surface area contributed by atoms with E-state index in [1.54, 1.807) is 24.3 Å².